The van der Waals surface area contributed by atoms with E-state index in [-0.39, 0.29) is 12.5 Å². The zero-order valence-electron chi connectivity index (χ0n) is 15.5. The molecule has 2 aromatic rings. The second-order valence-electron chi connectivity index (χ2n) is 6.73. The Morgan fingerprint density at radius 3 is 2.65 bits per heavy atom. The lowest BCUT2D eigenvalue weighted by Gasteiger charge is -2.13. The molecule has 0 aliphatic carbocycles. The third kappa shape index (κ3) is 4.48. The summed E-state index contributed by atoms with van der Waals surface area (Å²) in [7, 11) is 0. The summed E-state index contributed by atoms with van der Waals surface area (Å²) in [6, 6.07) is 11.5. The van der Waals surface area contributed by atoms with Gasteiger partial charge in [0.05, 0.1) is 13.2 Å². The second kappa shape index (κ2) is 8.13. The van der Waals surface area contributed by atoms with Crippen molar-refractivity contribution >= 4 is 11.6 Å². The molecule has 1 heterocycles. The van der Waals surface area contributed by atoms with Crippen molar-refractivity contribution < 1.29 is 19.0 Å². The van der Waals surface area contributed by atoms with Gasteiger partial charge in [0.2, 0.25) is 0 Å². The highest BCUT2D eigenvalue weighted by Crippen LogP contribution is 2.32. The Morgan fingerprint density at radius 2 is 1.88 bits per heavy atom. The van der Waals surface area contributed by atoms with Crippen molar-refractivity contribution in [2.24, 2.45) is 0 Å². The van der Waals surface area contributed by atoms with Gasteiger partial charge in [-0.05, 0) is 42.2 Å². The highest BCUT2D eigenvalue weighted by Gasteiger charge is 2.13. The summed E-state index contributed by atoms with van der Waals surface area (Å²) >= 11 is 0. The van der Waals surface area contributed by atoms with Gasteiger partial charge >= 0.3 is 0 Å². The lowest BCUT2D eigenvalue weighted by Crippen LogP contribution is -2.20. The zero-order valence-corrected chi connectivity index (χ0v) is 15.5. The standard InChI is InChI=1S/C21H25NO4/c1-14(2)16-6-5-15(3)19(11-16)26-13-21(23)22-17-7-8-18-20(12-17)25-10-4-9-24-18/h5-8,11-12,14H,4,9-10,13H2,1-3H3,(H,22,23). The molecule has 0 atom stereocenters. The largest absolute Gasteiger partial charge is 0.490 e. The fraction of sp³-hybridized carbons (Fsp3) is 0.381. The summed E-state index contributed by atoms with van der Waals surface area (Å²) < 4.78 is 17.0. The molecule has 3 rings (SSSR count). The van der Waals surface area contributed by atoms with Crippen molar-refractivity contribution in [2.75, 3.05) is 25.1 Å². The van der Waals surface area contributed by atoms with Gasteiger partial charge < -0.3 is 19.5 Å². The van der Waals surface area contributed by atoms with E-state index in [9.17, 15) is 4.79 Å². The number of amides is 1. The first kappa shape index (κ1) is 18.1. The highest BCUT2D eigenvalue weighted by atomic mass is 16.5. The van der Waals surface area contributed by atoms with Gasteiger partial charge in [-0.2, -0.15) is 0 Å². The van der Waals surface area contributed by atoms with Crippen LogP contribution in [-0.4, -0.2) is 25.7 Å². The van der Waals surface area contributed by atoms with Crippen LogP contribution in [0.5, 0.6) is 17.2 Å². The van der Waals surface area contributed by atoms with Crippen molar-refractivity contribution in [3.63, 3.8) is 0 Å². The topological polar surface area (TPSA) is 56.8 Å². The summed E-state index contributed by atoms with van der Waals surface area (Å²) in [6.45, 7) is 7.44. The molecule has 1 aliphatic rings. The summed E-state index contributed by atoms with van der Waals surface area (Å²) in [5.41, 5.74) is 2.86. The molecule has 26 heavy (non-hydrogen) atoms. The van der Waals surface area contributed by atoms with Crippen LogP contribution in [0.1, 0.15) is 37.3 Å². The maximum absolute atomic E-state index is 12.2. The van der Waals surface area contributed by atoms with E-state index in [4.69, 9.17) is 14.2 Å². The first-order valence-electron chi connectivity index (χ1n) is 8.96. The van der Waals surface area contributed by atoms with Crippen LogP contribution >= 0.6 is 0 Å². The maximum Gasteiger partial charge on any atom is 0.262 e. The van der Waals surface area contributed by atoms with E-state index in [1.807, 2.05) is 25.1 Å². The summed E-state index contributed by atoms with van der Waals surface area (Å²) in [5.74, 6) is 2.30. The minimum atomic E-state index is -0.214. The molecule has 0 radical (unpaired) electrons. The number of nitrogens with one attached hydrogen (secondary N) is 1. The van der Waals surface area contributed by atoms with Crippen LogP contribution in [0.3, 0.4) is 0 Å². The molecule has 0 fully saturated rings. The van der Waals surface area contributed by atoms with Gasteiger partial charge in [-0.3, -0.25) is 4.79 Å². The monoisotopic (exact) mass is 355 g/mol. The molecule has 138 valence electrons. The fourth-order valence-electron chi connectivity index (χ4n) is 2.71. The molecule has 2 aromatic carbocycles. The predicted molar refractivity (Wildman–Crippen MR) is 101 cm³/mol. The molecule has 1 aliphatic heterocycles. The third-order valence-corrected chi connectivity index (χ3v) is 4.27. The van der Waals surface area contributed by atoms with Crippen molar-refractivity contribution in [1.29, 1.82) is 0 Å². The molecular weight excluding hydrogens is 330 g/mol. The van der Waals surface area contributed by atoms with E-state index >= 15 is 0 Å². The minimum absolute atomic E-state index is 0.0448. The smallest absolute Gasteiger partial charge is 0.262 e. The first-order valence-corrected chi connectivity index (χ1v) is 8.96. The van der Waals surface area contributed by atoms with Gasteiger partial charge in [0.25, 0.3) is 5.91 Å². The van der Waals surface area contributed by atoms with Crippen molar-refractivity contribution in [2.45, 2.75) is 33.1 Å². The number of carbonyl (C=O) groups is 1. The number of fused-ring (bicyclic) bond motifs is 1. The average molecular weight is 355 g/mol. The molecule has 5 heteroatoms. The van der Waals surface area contributed by atoms with Gasteiger partial charge in [-0.15, -0.1) is 0 Å². The van der Waals surface area contributed by atoms with Crippen LogP contribution in [0.25, 0.3) is 0 Å². The number of benzene rings is 2. The fourth-order valence-corrected chi connectivity index (χ4v) is 2.71. The summed E-state index contributed by atoms with van der Waals surface area (Å²) in [4.78, 5) is 12.2. The van der Waals surface area contributed by atoms with Gasteiger partial charge in [-0.1, -0.05) is 26.0 Å². The molecule has 0 saturated heterocycles. The Balaban J connectivity index is 1.61. The number of carbonyl (C=O) groups excluding carboxylic acids is 1. The second-order valence-corrected chi connectivity index (χ2v) is 6.73. The molecular formula is C21H25NO4. The Labute approximate surface area is 154 Å². The third-order valence-electron chi connectivity index (χ3n) is 4.27. The van der Waals surface area contributed by atoms with E-state index in [2.05, 4.69) is 25.2 Å². The SMILES string of the molecule is Cc1ccc(C(C)C)cc1OCC(=O)Nc1ccc2c(c1)OCCCO2. The van der Waals surface area contributed by atoms with Gasteiger partial charge in [0.1, 0.15) is 5.75 Å². The molecule has 1 N–H and O–H groups in total. The Morgan fingerprint density at radius 1 is 1.12 bits per heavy atom. The normalized spacial score (nSPS) is 13.2. The average Bonchev–Trinajstić information content (AvgIpc) is 2.85. The van der Waals surface area contributed by atoms with Crippen LogP contribution in [0.2, 0.25) is 0 Å². The quantitative estimate of drug-likeness (QED) is 0.869. The van der Waals surface area contributed by atoms with Crippen LogP contribution in [0, 0.1) is 6.92 Å². The van der Waals surface area contributed by atoms with E-state index < -0.39 is 0 Å². The maximum atomic E-state index is 12.2. The lowest BCUT2D eigenvalue weighted by molar-refractivity contribution is -0.118. The van der Waals surface area contributed by atoms with Crippen molar-refractivity contribution in [1.82, 2.24) is 0 Å². The van der Waals surface area contributed by atoms with Crippen LogP contribution in [0.4, 0.5) is 5.69 Å². The van der Waals surface area contributed by atoms with E-state index in [0.717, 1.165) is 17.7 Å². The number of aryl methyl sites for hydroxylation is 1. The van der Waals surface area contributed by atoms with Crippen LogP contribution < -0.4 is 19.5 Å². The number of hydrogen-bond donors (Lipinski definition) is 1. The number of ether oxygens (including phenoxy) is 3. The molecule has 0 unspecified atom stereocenters. The number of rotatable bonds is 5. The molecule has 5 nitrogen and oxygen atoms in total. The Bertz CT molecular complexity index is 786. The molecule has 0 spiro atoms. The highest BCUT2D eigenvalue weighted by molar-refractivity contribution is 5.92. The zero-order chi connectivity index (χ0) is 18.5. The van der Waals surface area contributed by atoms with Crippen molar-refractivity contribution in [3.8, 4) is 17.2 Å². The van der Waals surface area contributed by atoms with E-state index in [0.29, 0.717) is 36.3 Å². The first-order chi connectivity index (χ1) is 12.5. The van der Waals surface area contributed by atoms with Crippen LogP contribution in [0.15, 0.2) is 36.4 Å². The number of hydrogen-bond acceptors (Lipinski definition) is 4. The Hall–Kier alpha value is -2.69. The molecule has 0 saturated carbocycles. The predicted octanol–water partition coefficient (Wildman–Crippen LogP) is 4.30. The minimum Gasteiger partial charge on any atom is -0.490 e. The van der Waals surface area contributed by atoms with E-state index in [1.165, 1.54) is 5.56 Å². The number of anilines is 1. The van der Waals surface area contributed by atoms with E-state index in [1.54, 1.807) is 12.1 Å². The van der Waals surface area contributed by atoms with Gasteiger partial charge in [-0.25, -0.2) is 0 Å². The summed E-state index contributed by atoms with van der Waals surface area (Å²) in [5, 5.41) is 2.84. The lowest BCUT2D eigenvalue weighted by atomic mass is 10.0. The van der Waals surface area contributed by atoms with Gasteiger partial charge in [0.15, 0.2) is 18.1 Å². The summed E-state index contributed by atoms with van der Waals surface area (Å²) in [6.07, 6.45) is 0.846. The molecule has 0 bridgehead atoms. The van der Waals surface area contributed by atoms with Crippen LogP contribution in [-0.2, 0) is 4.79 Å². The molecule has 0 aromatic heterocycles. The Kier molecular flexibility index (Phi) is 5.66. The van der Waals surface area contributed by atoms with Crippen molar-refractivity contribution in [3.05, 3.63) is 47.5 Å². The van der Waals surface area contributed by atoms with Gasteiger partial charge in [0, 0.05) is 18.2 Å². The molecule has 1 amide bonds.